The maximum atomic E-state index is 2.47. The zero-order chi connectivity index (χ0) is 39.6. The molecule has 280 valence electrons. The predicted molar refractivity (Wildman–Crippen MR) is 260 cm³/mol. The minimum Gasteiger partial charge on any atom is -0.310 e. The number of nitrogens with zero attached hydrogens (tertiary/aromatic N) is 1. The van der Waals surface area contributed by atoms with Crippen molar-refractivity contribution >= 4 is 91.7 Å². The summed E-state index contributed by atoms with van der Waals surface area (Å²) in [5.74, 6) is 0. The number of thiophene rings is 1. The first-order valence-corrected chi connectivity index (χ1v) is 21.4. The Labute approximate surface area is 352 Å². The normalized spacial score (nSPS) is 11.7. The molecule has 0 fully saturated rings. The molecule has 0 aliphatic rings. The van der Waals surface area contributed by atoms with E-state index in [1.807, 2.05) is 11.3 Å². The Morgan fingerprint density at radius 3 is 1.70 bits per heavy atom. The van der Waals surface area contributed by atoms with Crippen LogP contribution in [-0.2, 0) is 0 Å². The van der Waals surface area contributed by atoms with E-state index in [9.17, 15) is 0 Å². The van der Waals surface area contributed by atoms with Gasteiger partial charge in [-0.05, 0) is 113 Å². The summed E-state index contributed by atoms with van der Waals surface area (Å²) in [5, 5.41) is 12.7. The predicted octanol–water partition coefficient (Wildman–Crippen LogP) is 17.1. The van der Waals surface area contributed by atoms with Crippen molar-refractivity contribution in [2.24, 2.45) is 0 Å². The minimum atomic E-state index is 1.10. The standard InChI is InChI=1S/C58H37NS/c1-2-14-38(15-3-1)45-19-6-7-20-46(45)42-17-12-18-43(36-42)59(44-33-35-56-53(37-44)51-23-9-11-27-55(51)60-56)54-26-10-8-22-50(54)48-24-13-25-52-49(48)34-32-41-31-30-40-29-28-39-16-4-5-21-47(39)57(40)58(41)52/h1-37H. The largest absolute Gasteiger partial charge is 0.310 e. The second-order valence-electron chi connectivity index (χ2n) is 15.6. The van der Waals surface area contributed by atoms with Gasteiger partial charge in [0.1, 0.15) is 0 Å². The highest BCUT2D eigenvalue weighted by atomic mass is 32.1. The highest BCUT2D eigenvalue weighted by Gasteiger charge is 2.21. The Hall–Kier alpha value is -7.52. The fourth-order valence-electron chi connectivity index (χ4n) is 9.51. The quantitative estimate of drug-likeness (QED) is 0.152. The third-order valence-corrected chi connectivity index (χ3v) is 13.4. The Morgan fingerprint density at radius 2 is 0.850 bits per heavy atom. The molecular formula is C58H37NS. The molecule has 0 aliphatic carbocycles. The van der Waals surface area contributed by atoms with E-state index in [1.165, 1.54) is 96.6 Å². The number of rotatable bonds is 6. The van der Waals surface area contributed by atoms with Crippen LogP contribution in [0.3, 0.4) is 0 Å². The number of hydrogen-bond donors (Lipinski definition) is 0. The highest BCUT2D eigenvalue weighted by Crippen LogP contribution is 2.47. The SMILES string of the molecule is c1ccc(-c2ccccc2-c2cccc(N(c3ccc4sc5ccccc5c4c3)c3ccccc3-c3cccc4c3ccc3ccc5ccc6ccccc6c5c34)c2)cc1. The summed E-state index contributed by atoms with van der Waals surface area (Å²) < 4.78 is 2.60. The summed E-state index contributed by atoms with van der Waals surface area (Å²) in [7, 11) is 0. The molecule has 0 unspecified atom stereocenters. The van der Waals surface area contributed by atoms with Gasteiger partial charge in [-0.2, -0.15) is 0 Å². The van der Waals surface area contributed by atoms with Crippen LogP contribution in [-0.4, -0.2) is 0 Å². The van der Waals surface area contributed by atoms with Gasteiger partial charge < -0.3 is 4.90 Å². The molecule has 0 amide bonds. The number of fused-ring (bicyclic) bond motifs is 10. The molecule has 0 bridgehead atoms. The van der Waals surface area contributed by atoms with Crippen molar-refractivity contribution in [2.75, 3.05) is 4.90 Å². The molecule has 12 aromatic rings. The topological polar surface area (TPSA) is 3.24 Å². The second-order valence-corrected chi connectivity index (χ2v) is 16.7. The first-order chi connectivity index (χ1) is 29.8. The lowest BCUT2D eigenvalue weighted by Gasteiger charge is -2.29. The first kappa shape index (κ1) is 34.5. The van der Waals surface area contributed by atoms with E-state index in [0.29, 0.717) is 0 Å². The van der Waals surface area contributed by atoms with Crippen LogP contribution >= 0.6 is 11.3 Å². The summed E-state index contributed by atoms with van der Waals surface area (Å²) in [6.07, 6.45) is 0. The average molecular weight is 780 g/mol. The molecule has 0 atom stereocenters. The lowest BCUT2D eigenvalue weighted by molar-refractivity contribution is 1.29. The fourth-order valence-corrected chi connectivity index (χ4v) is 10.6. The average Bonchev–Trinajstić information content (AvgIpc) is 3.70. The van der Waals surface area contributed by atoms with Gasteiger partial charge in [0.2, 0.25) is 0 Å². The molecule has 2 heteroatoms. The number of para-hydroxylation sites is 1. The van der Waals surface area contributed by atoms with Gasteiger partial charge in [0.25, 0.3) is 0 Å². The van der Waals surface area contributed by atoms with Crippen LogP contribution in [0.25, 0.3) is 96.6 Å². The zero-order valence-corrected chi connectivity index (χ0v) is 33.5. The lowest BCUT2D eigenvalue weighted by Crippen LogP contribution is -2.11. The molecule has 0 N–H and O–H groups in total. The minimum absolute atomic E-state index is 1.10. The van der Waals surface area contributed by atoms with Crippen LogP contribution in [0.2, 0.25) is 0 Å². The van der Waals surface area contributed by atoms with Crippen LogP contribution in [0.15, 0.2) is 224 Å². The van der Waals surface area contributed by atoms with Gasteiger partial charge in [-0.1, -0.05) is 182 Å². The molecular weight excluding hydrogens is 743 g/mol. The van der Waals surface area contributed by atoms with Gasteiger partial charge in [-0.25, -0.2) is 0 Å². The van der Waals surface area contributed by atoms with E-state index in [0.717, 1.165) is 17.1 Å². The van der Waals surface area contributed by atoms with Gasteiger partial charge in [0.05, 0.1) is 5.69 Å². The van der Waals surface area contributed by atoms with Crippen molar-refractivity contribution < 1.29 is 0 Å². The summed E-state index contributed by atoms with van der Waals surface area (Å²) >= 11 is 1.86. The lowest BCUT2D eigenvalue weighted by atomic mass is 9.90. The summed E-state index contributed by atoms with van der Waals surface area (Å²) in [4.78, 5) is 2.47. The summed E-state index contributed by atoms with van der Waals surface area (Å²) in [6.45, 7) is 0. The van der Waals surface area contributed by atoms with Gasteiger partial charge in [-0.3, -0.25) is 0 Å². The zero-order valence-electron chi connectivity index (χ0n) is 32.7. The maximum absolute atomic E-state index is 2.47. The molecule has 1 nitrogen and oxygen atoms in total. The Balaban J connectivity index is 1.11. The molecule has 12 rings (SSSR count). The van der Waals surface area contributed by atoms with Crippen molar-refractivity contribution in [2.45, 2.75) is 0 Å². The van der Waals surface area contributed by atoms with E-state index >= 15 is 0 Å². The van der Waals surface area contributed by atoms with Crippen molar-refractivity contribution in [3.05, 3.63) is 224 Å². The fraction of sp³-hybridized carbons (Fsp3) is 0. The number of anilines is 3. The molecule has 0 radical (unpaired) electrons. The number of hydrogen-bond acceptors (Lipinski definition) is 2. The van der Waals surface area contributed by atoms with Crippen molar-refractivity contribution in [1.29, 1.82) is 0 Å². The molecule has 1 aromatic heterocycles. The van der Waals surface area contributed by atoms with E-state index < -0.39 is 0 Å². The van der Waals surface area contributed by atoms with E-state index in [2.05, 4.69) is 229 Å². The third kappa shape index (κ3) is 5.61. The summed E-state index contributed by atoms with van der Waals surface area (Å²) in [6, 6.07) is 82.6. The van der Waals surface area contributed by atoms with E-state index in [1.54, 1.807) is 0 Å². The Morgan fingerprint density at radius 1 is 0.283 bits per heavy atom. The summed E-state index contributed by atoms with van der Waals surface area (Å²) in [5.41, 5.74) is 10.5. The highest BCUT2D eigenvalue weighted by molar-refractivity contribution is 7.25. The molecule has 0 saturated heterocycles. The van der Waals surface area contributed by atoms with Crippen LogP contribution in [0.1, 0.15) is 0 Å². The van der Waals surface area contributed by atoms with Crippen molar-refractivity contribution in [1.82, 2.24) is 0 Å². The first-order valence-electron chi connectivity index (χ1n) is 20.6. The third-order valence-electron chi connectivity index (χ3n) is 12.2. The van der Waals surface area contributed by atoms with Gasteiger partial charge >= 0.3 is 0 Å². The van der Waals surface area contributed by atoms with Gasteiger partial charge in [0.15, 0.2) is 0 Å². The van der Waals surface area contributed by atoms with Gasteiger partial charge in [0, 0.05) is 37.1 Å². The smallest absolute Gasteiger partial charge is 0.0540 e. The van der Waals surface area contributed by atoms with Crippen molar-refractivity contribution in [3.8, 4) is 33.4 Å². The van der Waals surface area contributed by atoms with Crippen molar-refractivity contribution in [3.63, 3.8) is 0 Å². The number of benzene rings is 11. The van der Waals surface area contributed by atoms with Crippen LogP contribution in [0.5, 0.6) is 0 Å². The second kappa shape index (κ2) is 14.1. The molecule has 0 saturated carbocycles. The maximum Gasteiger partial charge on any atom is 0.0540 e. The van der Waals surface area contributed by atoms with Gasteiger partial charge in [-0.15, -0.1) is 11.3 Å². The Bertz CT molecular complexity index is 3610. The molecule has 1 heterocycles. The Kier molecular flexibility index (Phi) is 8.11. The van der Waals surface area contributed by atoms with E-state index in [-0.39, 0.29) is 0 Å². The molecule has 0 aliphatic heterocycles. The molecule has 60 heavy (non-hydrogen) atoms. The van der Waals surface area contributed by atoms with Crippen LogP contribution in [0, 0.1) is 0 Å². The molecule has 11 aromatic carbocycles. The van der Waals surface area contributed by atoms with Crippen LogP contribution < -0.4 is 4.90 Å². The van der Waals surface area contributed by atoms with E-state index in [4.69, 9.17) is 0 Å². The monoisotopic (exact) mass is 779 g/mol. The van der Waals surface area contributed by atoms with Crippen LogP contribution in [0.4, 0.5) is 17.1 Å². The molecule has 0 spiro atoms.